The molecule has 1 amide bonds. The Kier molecular flexibility index (Phi) is 4.30. The minimum absolute atomic E-state index is 0.180. The molecule has 0 spiro atoms. The van der Waals surface area contributed by atoms with Crippen LogP contribution in [-0.4, -0.2) is 22.0 Å². The quantitative estimate of drug-likeness (QED) is 0.527. The number of amides is 1. The lowest BCUT2D eigenvalue weighted by Crippen LogP contribution is -2.18. The van der Waals surface area contributed by atoms with E-state index in [2.05, 4.69) is 15.5 Å². The predicted octanol–water partition coefficient (Wildman–Crippen LogP) is 1.89. The van der Waals surface area contributed by atoms with E-state index < -0.39 is 22.3 Å². The van der Waals surface area contributed by atoms with Crippen molar-refractivity contribution in [3.63, 3.8) is 0 Å². The number of rotatable bonds is 4. The molecule has 1 N–H and O–H groups in total. The monoisotopic (exact) mass is 288 g/mol. The van der Waals surface area contributed by atoms with Gasteiger partial charge in [0.05, 0.1) is 11.1 Å². The minimum Gasteiger partial charge on any atom is -0.266 e. The number of hydrogen-bond donors (Lipinski definition) is 1. The van der Waals surface area contributed by atoms with E-state index in [0.29, 0.717) is 0 Å². The van der Waals surface area contributed by atoms with Crippen molar-refractivity contribution in [2.45, 2.75) is 0 Å². The first-order valence-corrected chi connectivity index (χ1v) is 5.76. The van der Waals surface area contributed by atoms with Gasteiger partial charge in [-0.05, 0) is 24.3 Å². The number of carbonyl (C=O) groups excluding carboxylic acids is 1. The van der Waals surface area contributed by atoms with E-state index in [1.807, 2.05) is 0 Å². The van der Waals surface area contributed by atoms with Crippen LogP contribution in [0.1, 0.15) is 16.1 Å². The van der Waals surface area contributed by atoms with E-state index in [1.165, 1.54) is 24.5 Å². The van der Waals surface area contributed by atoms with Gasteiger partial charge in [0.1, 0.15) is 5.69 Å². The van der Waals surface area contributed by atoms with Crippen LogP contribution in [0.3, 0.4) is 0 Å². The van der Waals surface area contributed by atoms with Crippen molar-refractivity contribution in [2.24, 2.45) is 5.10 Å². The Balaban J connectivity index is 2.07. The number of halogens is 1. The highest BCUT2D eigenvalue weighted by atomic mass is 19.1. The maximum Gasteiger partial charge on any atom is 0.305 e. The average Bonchev–Trinajstić information content (AvgIpc) is 2.49. The summed E-state index contributed by atoms with van der Waals surface area (Å²) < 4.78 is 13.1. The molecule has 0 aliphatic carbocycles. The maximum absolute atomic E-state index is 13.1. The van der Waals surface area contributed by atoms with E-state index in [-0.39, 0.29) is 11.3 Å². The molecule has 8 heteroatoms. The number of nitrogens with one attached hydrogen (secondary N) is 1. The van der Waals surface area contributed by atoms with Gasteiger partial charge >= 0.3 is 5.69 Å². The Morgan fingerprint density at radius 2 is 2.19 bits per heavy atom. The summed E-state index contributed by atoms with van der Waals surface area (Å²) in [5.74, 6) is -1.46. The summed E-state index contributed by atoms with van der Waals surface area (Å²) in [5, 5.41) is 14.2. The Hall–Kier alpha value is -3.16. The third-order valence-corrected chi connectivity index (χ3v) is 2.44. The summed E-state index contributed by atoms with van der Waals surface area (Å²) in [6.45, 7) is 0. The highest BCUT2D eigenvalue weighted by Gasteiger charge is 2.13. The zero-order valence-corrected chi connectivity index (χ0v) is 10.6. The molecule has 0 bridgehead atoms. The zero-order chi connectivity index (χ0) is 15.2. The molecule has 1 heterocycles. The van der Waals surface area contributed by atoms with Crippen LogP contribution in [0, 0.1) is 15.9 Å². The molecule has 0 saturated carbocycles. The lowest BCUT2D eigenvalue weighted by atomic mass is 10.2. The summed E-state index contributed by atoms with van der Waals surface area (Å²) >= 11 is 0. The molecule has 0 fully saturated rings. The molecule has 0 aliphatic rings. The molecule has 106 valence electrons. The number of pyridine rings is 1. The van der Waals surface area contributed by atoms with Crippen LogP contribution < -0.4 is 5.43 Å². The summed E-state index contributed by atoms with van der Waals surface area (Å²) in [6, 6.07) is 8.10. The summed E-state index contributed by atoms with van der Waals surface area (Å²) in [6.07, 6.45) is 2.63. The first kappa shape index (κ1) is 14.3. The third-order valence-electron chi connectivity index (χ3n) is 2.44. The lowest BCUT2D eigenvalue weighted by Gasteiger charge is -1.98. The summed E-state index contributed by atoms with van der Waals surface area (Å²) in [5.41, 5.74) is 2.02. The second-order valence-electron chi connectivity index (χ2n) is 3.88. The van der Waals surface area contributed by atoms with Gasteiger partial charge in [-0.2, -0.15) is 9.49 Å². The van der Waals surface area contributed by atoms with Crippen LogP contribution in [0.15, 0.2) is 47.7 Å². The van der Waals surface area contributed by atoms with Crippen molar-refractivity contribution in [3.8, 4) is 0 Å². The normalized spacial score (nSPS) is 10.5. The molecule has 2 rings (SSSR count). The molecule has 1 aromatic carbocycles. The molecule has 7 nitrogen and oxygen atoms in total. The lowest BCUT2D eigenvalue weighted by molar-refractivity contribution is -0.387. The van der Waals surface area contributed by atoms with Crippen LogP contribution >= 0.6 is 0 Å². The smallest absolute Gasteiger partial charge is 0.266 e. The van der Waals surface area contributed by atoms with Gasteiger partial charge in [-0.25, -0.2) is 5.43 Å². The van der Waals surface area contributed by atoms with Crippen molar-refractivity contribution >= 4 is 17.8 Å². The Bertz CT molecular complexity index is 704. The molecular weight excluding hydrogens is 279 g/mol. The molecule has 0 unspecified atom stereocenters. The number of nitro groups is 1. The second kappa shape index (κ2) is 6.33. The van der Waals surface area contributed by atoms with Crippen molar-refractivity contribution in [3.05, 3.63) is 69.8 Å². The highest BCUT2D eigenvalue weighted by Crippen LogP contribution is 2.17. The molecule has 21 heavy (non-hydrogen) atoms. The van der Waals surface area contributed by atoms with Crippen LogP contribution in [0.4, 0.5) is 10.1 Å². The van der Waals surface area contributed by atoms with Gasteiger partial charge < -0.3 is 0 Å². The van der Waals surface area contributed by atoms with E-state index in [1.54, 1.807) is 12.1 Å². The average molecular weight is 288 g/mol. The standard InChI is InChI=1S/C13H9FN4O3/c14-10-5-4-9(7-12(10)18(20)21)8-16-17-13(19)11-3-1-2-6-15-11/h1-8H,(H,17,19)/b16-8-. The fraction of sp³-hybridized carbons (Fsp3) is 0. The number of hydrazone groups is 1. The Labute approximate surface area is 118 Å². The van der Waals surface area contributed by atoms with Crippen molar-refractivity contribution < 1.29 is 14.1 Å². The third kappa shape index (κ3) is 3.66. The fourth-order valence-corrected chi connectivity index (χ4v) is 1.47. The largest absolute Gasteiger partial charge is 0.305 e. The number of nitro benzene ring substituents is 1. The molecular formula is C13H9FN4O3. The van der Waals surface area contributed by atoms with Crippen molar-refractivity contribution in [1.82, 2.24) is 10.4 Å². The van der Waals surface area contributed by atoms with E-state index in [4.69, 9.17) is 0 Å². The van der Waals surface area contributed by atoms with Gasteiger partial charge in [0.2, 0.25) is 5.82 Å². The number of carbonyl (C=O) groups is 1. The number of benzene rings is 1. The molecule has 0 aliphatic heterocycles. The summed E-state index contributed by atoms with van der Waals surface area (Å²) in [7, 11) is 0. The molecule has 1 aromatic heterocycles. The molecule has 0 radical (unpaired) electrons. The first-order chi connectivity index (χ1) is 10.1. The highest BCUT2D eigenvalue weighted by molar-refractivity contribution is 5.93. The van der Waals surface area contributed by atoms with E-state index in [0.717, 1.165) is 12.1 Å². The fourth-order valence-electron chi connectivity index (χ4n) is 1.47. The SMILES string of the molecule is O=C(N/N=C\c1ccc(F)c([N+](=O)[O-])c1)c1ccccn1. The number of hydrogen-bond acceptors (Lipinski definition) is 5. The molecule has 0 atom stereocenters. The number of nitrogens with zero attached hydrogens (tertiary/aromatic N) is 3. The summed E-state index contributed by atoms with van der Waals surface area (Å²) in [4.78, 5) is 25.2. The van der Waals surface area contributed by atoms with E-state index in [9.17, 15) is 19.3 Å². The molecule has 0 saturated heterocycles. The van der Waals surface area contributed by atoms with Gasteiger partial charge in [-0.15, -0.1) is 0 Å². The van der Waals surface area contributed by atoms with Crippen LogP contribution in [-0.2, 0) is 0 Å². The van der Waals surface area contributed by atoms with Crippen molar-refractivity contribution in [1.29, 1.82) is 0 Å². The maximum atomic E-state index is 13.1. The van der Waals surface area contributed by atoms with E-state index >= 15 is 0 Å². The Morgan fingerprint density at radius 1 is 1.38 bits per heavy atom. The predicted molar refractivity (Wildman–Crippen MR) is 72.4 cm³/mol. The minimum atomic E-state index is -0.935. The van der Waals surface area contributed by atoms with Gasteiger partial charge in [-0.3, -0.25) is 19.9 Å². The van der Waals surface area contributed by atoms with Crippen LogP contribution in [0.25, 0.3) is 0 Å². The van der Waals surface area contributed by atoms with Gasteiger partial charge in [0.25, 0.3) is 5.91 Å². The van der Waals surface area contributed by atoms with Gasteiger partial charge in [0, 0.05) is 17.8 Å². The van der Waals surface area contributed by atoms with Crippen molar-refractivity contribution in [2.75, 3.05) is 0 Å². The van der Waals surface area contributed by atoms with Crippen LogP contribution in [0.2, 0.25) is 0 Å². The van der Waals surface area contributed by atoms with Gasteiger partial charge in [-0.1, -0.05) is 6.07 Å². The topological polar surface area (TPSA) is 97.5 Å². The number of aromatic nitrogens is 1. The Morgan fingerprint density at radius 3 is 2.86 bits per heavy atom. The molecule has 2 aromatic rings. The zero-order valence-electron chi connectivity index (χ0n) is 10.6. The van der Waals surface area contributed by atoms with Crippen LogP contribution in [0.5, 0.6) is 0 Å². The second-order valence-corrected chi connectivity index (χ2v) is 3.88. The van der Waals surface area contributed by atoms with Gasteiger partial charge in [0.15, 0.2) is 0 Å². The first-order valence-electron chi connectivity index (χ1n) is 5.76.